The maximum absolute atomic E-state index is 9.96. The van der Waals surface area contributed by atoms with Gasteiger partial charge in [-0.1, -0.05) is 31.5 Å². The highest BCUT2D eigenvalue weighted by atomic mass is 28.3. The van der Waals surface area contributed by atoms with E-state index in [2.05, 4.69) is 6.55 Å². The predicted molar refractivity (Wildman–Crippen MR) is 54.0 cm³/mol. The fourth-order valence-electron chi connectivity index (χ4n) is 2.43. The van der Waals surface area contributed by atoms with Crippen LogP contribution >= 0.6 is 0 Å². The molecule has 0 bridgehead atoms. The van der Waals surface area contributed by atoms with Crippen molar-refractivity contribution in [3.63, 3.8) is 0 Å². The van der Waals surface area contributed by atoms with Gasteiger partial charge in [0.1, 0.15) is 0 Å². The normalized spacial score (nSPS) is 30.5. The predicted octanol–water partition coefficient (Wildman–Crippen LogP) is 2.63. The summed E-state index contributed by atoms with van der Waals surface area (Å²) >= 11 is 0. The summed E-state index contributed by atoms with van der Waals surface area (Å²) in [5.41, 5.74) is 0. The van der Waals surface area contributed by atoms with Gasteiger partial charge >= 0.3 is 0 Å². The topological polar surface area (TPSA) is 20.2 Å². The lowest BCUT2D eigenvalue weighted by Gasteiger charge is -2.19. The smallest absolute Gasteiger partial charge is 0.0545 e. The van der Waals surface area contributed by atoms with Crippen LogP contribution in [0.4, 0.5) is 0 Å². The van der Waals surface area contributed by atoms with Crippen molar-refractivity contribution in [2.75, 3.05) is 0 Å². The Morgan fingerprint density at radius 2 is 1.92 bits per heavy atom. The highest BCUT2D eigenvalue weighted by molar-refractivity contribution is 6.88. The van der Waals surface area contributed by atoms with E-state index in [-0.39, 0.29) is 6.10 Å². The number of aliphatic hydroxyl groups is 1. The molecule has 0 spiro atoms. The summed E-state index contributed by atoms with van der Waals surface area (Å²) in [6.07, 6.45) is 5.39. The minimum absolute atomic E-state index is 0.0756. The Bertz CT molecular complexity index is 159. The molecule has 2 fully saturated rings. The summed E-state index contributed by atoms with van der Waals surface area (Å²) in [6, 6.07) is 4.17. The van der Waals surface area contributed by atoms with Gasteiger partial charge in [0.2, 0.25) is 0 Å². The zero-order valence-corrected chi connectivity index (χ0v) is 9.05. The van der Waals surface area contributed by atoms with E-state index in [0.717, 1.165) is 0 Å². The number of hydrogen-bond acceptors (Lipinski definition) is 1. The van der Waals surface area contributed by atoms with E-state index in [1.165, 1.54) is 43.8 Å². The van der Waals surface area contributed by atoms with E-state index in [0.29, 0.717) is 5.92 Å². The third-order valence-corrected chi connectivity index (χ3v) is 7.36. The van der Waals surface area contributed by atoms with Crippen molar-refractivity contribution in [2.45, 2.75) is 56.5 Å². The van der Waals surface area contributed by atoms with Crippen LogP contribution in [0, 0.1) is 5.92 Å². The van der Waals surface area contributed by atoms with Crippen LogP contribution in [-0.2, 0) is 0 Å². The second-order valence-electron chi connectivity index (χ2n) is 5.13. The lowest BCUT2D eigenvalue weighted by atomic mass is 10.0. The van der Waals surface area contributed by atoms with Crippen molar-refractivity contribution >= 4 is 8.07 Å². The third-order valence-electron chi connectivity index (χ3n) is 3.75. The van der Waals surface area contributed by atoms with E-state index >= 15 is 0 Å². The number of rotatable bonds is 3. The summed E-state index contributed by atoms with van der Waals surface area (Å²) in [5.74, 6) is 0.676. The van der Waals surface area contributed by atoms with Crippen molar-refractivity contribution in [3.05, 3.63) is 0 Å². The quantitative estimate of drug-likeness (QED) is 0.669. The Morgan fingerprint density at radius 3 is 2.42 bits per heavy atom. The maximum atomic E-state index is 9.96. The molecular formula is C10H20OSi. The Kier molecular flexibility index (Phi) is 2.30. The second-order valence-corrected chi connectivity index (χ2v) is 10.2. The highest BCUT2D eigenvalue weighted by Gasteiger charge is 2.42. The van der Waals surface area contributed by atoms with Gasteiger partial charge in [0.25, 0.3) is 0 Å². The SMILES string of the molecule is C[Si]1(C[C@@H](O)C2CCCC2)CC1. The molecule has 0 amide bonds. The Hall–Kier alpha value is 0.177. The molecule has 0 unspecified atom stereocenters. The summed E-state index contributed by atoms with van der Waals surface area (Å²) in [7, 11) is -0.788. The van der Waals surface area contributed by atoms with Gasteiger partial charge in [-0.05, 0) is 24.8 Å². The lowest BCUT2D eigenvalue weighted by Crippen LogP contribution is -2.24. The monoisotopic (exact) mass is 184 g/mol. The van der Waals surface area contributed by atoms with Crippen molar-refractivity contribution in [2.24, 2.45) is 5.92 Å². The molecule has 12 heavy (non-hydrogen) atoms. The van der Waals surface area contributed by atoms with Crippen molar-refractivity contribution < 1.29 is 5.11 Å². The first-order chi connectivity index (χ1) is 5.70. The van der Waals surface area contributed by atoms with Gasteiger partial charge in [-0.15, -0.1) is 0 Å². The average Bonchev–Trinajstić information content (AvgIpc) is 2.55. The molecule has 1 N–H and O–H groups in total. The van der Waals surface area contributed by atoms with Gasteiger partial charge in [-0.2, -0.15) is 0 Å². The summed E-state index contributed by atoms with van der Waals surface area (Å²) < 4.78 is 0. The zero-order chi connectivity index (χ0) is 8.60. The largest absolute Gasteiger partial charge is 0.393 e. The lowest BCUT2D eigenvalue weighted by molar-refractivity contribution is 0.128. The van der Waals surface area contributed by atoms with Gasteiger partial charge in [0.15, 0.2) is 0 Å². The molecule has 70 valence electrons. The maximum Gasteiger partial charge on any atom is 0.0545 e. The van der Waals surface area contributed by atoms with Crippen LogP contribution in [0.25, 0.3) is 0 Å². The van der Waals surface area contributed by atoms with Crippen molar-refractivity contribution in [1.82, 2.24) is 0 Å². The number of hydrogen-bond donors (Lipinski definition) is 1. The molecule has 2 aliphatic rings. The molecular weight excluding hydrogens is 164 g/mol. The Morgan fingerprint density at radius 1 is 1.33 bits per heavy atom. The molecule has 1 saturated heterocycles. The Balaban J connectivity index is 1.79. The fourth-order valence-corrected chi connectivity index (χ4v) is 5.89. The molecule has 0 aromatic heterocycles. The van der Waals surface area contributed by atoms with Crippen LogP contribution in [0.15, 0.2) is 0 Å². The van der Waals surface area contributed by atoms with Gasteiger partial charge in [0, 0.05) is 0 Å². The first-order valence-electron chi connectivity index (χ1n) is 5.38. The molecule has 1 aliphatic heterocycles. The first kappa shape index (κ1) is 8.76. The van der Waals surface area contributed by atoms with E-state index < -0.39 is 8.07 Å². The molecule has 2 heteroatoms. The molecule has 1 atom stereocenters. The molecule has 0 aromatic carbocycles. The summed E-state index contributed by atoms with van der Waals surface area (Å²) in [4.78, 5) is 0. The van der Waals surface area contributed by atoms with E-state index in [1.54, 1.807) is 0 Å². The van der Waals surface area contributed by atoms with Crippen LogP contribution in [0.5, 0.6) is 0 Å². The van der Waals surface area contributed by atoms with Crippen LogP contribution < -0.4 is 0 Å². The molecule has 1 heterocycles. The summed E-state index contributed by atoms with van der Waals surface area (Å²) in [5, 5.41) is 9.96. The molecule has 0 aromatic rings. The van der Waals surface area contributed by atoms with Crippen LogP contribution in [0.2, 0.25) is 24.7 Å². The van der Waals surface area contributed by atoms with Crippen molar-refractivity contribution in [3.8, 4) is 0 Å². The van der Waals surface area contributed by atoms with E-state index in [4.69, 9.17) is 0 Å². The van der Waals surface area contributed by atoms with Gasteiger partial charge < -0.3 is 5.11 Å². The van der Waals surface area contributed by atoms with Gasteiger partial charge in [0.05, 0.1) is 14.2 Å². The highest BCUT2D eigenvalue weighted by Crippen LogP contribution is 2.43. The first-order valence-corrected chi connectivity index (χ1v) is 8.50. The molecule has 0 radical (unpaired) electrons. The van der Waals surface area contributed by atoms with E-state index in [1.807, 2.05) is 0 Å². The zero-order valence-electron chi connectivity index (χ0n) is 8.05. The fraction of sp³-hybridized carbons (Fsp3) is 1.00. The van der Waals surface area contributed by atoms with Crippen LogP contribution in [0.1, 0.15) is 25.7 Å². The van der Waals surface area contributed by atoms with Crippen LogP contribution in [-0.4, -0.2) is 19.3 Å². The molecule has 1 aliphatic carbocycles. The third kappa shape index (κ3) is 1.91. The van der Waals surface area contributed by atoms with Crippen LogP contribution in [0.3, 0.4) is 0 Å². The minimum Gasteiger partial charge on any atom is -0.393 e. The van der Waals surface area contributed by atoms with Gasteiger partial charge in [-0.3, -0.25) is 0 Å². The Labute approximate surface area is 76.2 Å². The van der Waals surface area contributed by atoms with Crippen molar-refractivity contribution in [1.29, 1.82) is 0 Å². The second kappa shape index (κ2) is 3.15. The standard InChI is InChI=1S/C10H20OSi/c1-12(6-7-12)8-10(11)9-4-2-3-5-9/h9-11H,2-8H2,1H3/t10-/m1/s1. The molecule has 1 saturated carbocycles. The summed E-state index contributed by atoms with van der Waals surface area (Å²) in [6.45, 7) is 2.45. The average molecular weight is 184 g/mol. The van der Waals surface area contributed by atoms with E-state index in [9.17, 15) is 5.11 Å². The molecule has 2 rings (SSSR count). The van der Waals surface area contributed by atoms with Gasteiger partial charge in [-0.25, -0.2) is 0 Å². The minimum atomic E-state index is -0.788. The number of aliphatic hydroxyl groups excluding tert-OH is 1. The molecule has 1 nitrogen and oxygen atoms in total.